The van der Waals surface area contributed by atoms with Crippen LogP contribution in [0.3, 0.4) is 0 Å². The maximum atomic E-state index is 12.7. The SMILES string of the molecule is CCS(=O)C1CCCC(NC(=NC)NCCNc2nccc(C(F)(F)F)n2)C1. The van der Waals surface area contributed by atoms with Crippen molar-refractivity contribution < 1.29 is 17.4 Å². The van der Waals surface area contributed by atoms with Crippen LogP contribution in [0.4, 0.5) is 19.1 Å². The lowest BCUT2D eigenvalue weighted by atomic mass is 9.95. The van der Waals surface area contributed by atoms with E-state index in [4.69, 9.17) is 0 Å². The molecule has 3 unspecified atom stereocenters. The molecule has 11 heteroatoms. The largest absolute Gasteiger partial charge is 0.433 e. The van der Waals surface area contributed by atoms with E-state index in [2.05, 4.69) is 30.9 Å². The van der Waals surface area contributed by atoms with Gasteiger partial charge in [-0.1, -0.05) is 13.3 Å². The van der Waals surface area contributed by atoms with Crippen molar-refractivity contribution in [2.75, 3.05) is 31.2 Å². The number of rotatable bonds is 7. The first-order valence-corrected chi connectivity index (χ1v) is 10.7. The number of aliphatic imine (C=N–C) groups is 1. The summed E-state index contributed by atoms with van der Waals surface area (Å²) in [5, 5.41) is 9.43. The maximum Gasteiger partial charge on any atom is 0.433 e. The van der Waals surface area contributed by atoms with Gasteiger partial charge in [0.2, 0.25) is 5.95 Å². The molecule has 1 aromatic rings. The van der Waals surface area contributed by atoms with E-state index in [1.807, 2.05) is 6.92 Å². The zero-order valence-corrected chi connectivity index (χ0v) is 16.9. The lowest BCUT2D eigenvalue weighted by molar-refractivity contribution is -0.141. The van der Waals surface area contributed by atoms with Gasteiger partial charge >= 0.3 is 6.18 Å². The molecule has 3 N–H and O–H groups in total. The number of halogens is 3. The molecular formula is C17H27F3N6OS. The van der Waals surface area contributed by atoms with Crippen molar-refractivity contribution >= 4 is 22.7 Å². The van der Waals surface area contributed by atoms with Crippen LogP contribution in [0.2, 0.25) is 0 Å². The zero-order chi connectivity index (χ0) is 20.6. The quantitative estimate of drug-likeness (QED) is 0.356. The van der Waals surface area contributed by atoms with Crippen LogP contribution in [0.25, 0.3) is 0 Å². The van der Waals surface area contributed by atoms with E-state index in [0.29, 0.717) is 24.8 Å². The van der Waals surface area contributed by atoms with Crippen molar-refractivity contribution in [3.05, 3.63) is 18.0 Å². The van der Waals surface area contributed by atoms with Gasteiger partial charge in [0.05, 0.1) is 0 Å². The molecule has 3 atom stereocenters. The molecule has 1 aromatic heterocycles. The molecule has 1 saturated carbocycles. The first kappa shape index (κ1) is 22.4. The smallest absolute Gasteiger partial charge is 0.355 e. The molecule has 158 valence electrons. The highest BCUT2D eigenvalue weighted by Crippen LogP contribution is 2.27. The minimum atomic E-state index is -4.50. The Balaban J connectivity index is 1.76. The average Bonchev–Trinajstić information content (AvgIpc) is 2.69. The van der Waals surface area contributed by atoms with Crippen LogP contribution >= 0.6 is 0 Å². The average molecular weight is 421 g/mol. The van der Waals surface area contributed by atoms with Crippen LogP contribution in [0, 0.1) is 0 Å². The molecule has 0 radical (unpaired) electrons. The number of alkyl halides is 3. The highest BCUT2D eigenvalue weighted by Gasteiger charge is 2.32. The molecule has 1 fully saturated rings. The summed E-state index contributed by atoms with van der Waals surface area (Å²) in [6, 6.07) is 1.04. The van der Waals surface area contributed by atoms with Crippen molar-refractivity contribution in [2.45, 2.75) is 50.1 Å². The van der Waals surface area contributed by atoms with Crippen molar-refractivity contribution in [3.63, 3.8) is 0 Å². The van der Waals surface area contributed by atoms with E-state index in [-0.39, 0.29) is 17.2 Å². The highest BCUT2D eigenvalue weighted by atomic mass is 32.2. The molecule has 0 spiro atoms. The van der Waals surface area contributed by atoms with Gasteiger partial charge in [-0.05, 0) is 25.3 Å². The van der Waals surface area contributed by atoms with E-state index in [9.17, 15) is 17.4 Å². The summed E-state index contributed by atoms with van der Waals surface area (Å²) in [7, 11) is 0.864. The number of hydrogen-bond acceptors (Lipinski definition) is 5. The third-order valence-electron chi connectivity index (χ3n) is 4.49. The van der Waals surface area contributed by atoms with E-state index in [0.717, 1.165) is 37.9 Å². The predicted octanol–water partition coefficient (Wildman–Crippen LogP) is 2.15. The summed E-state index contributed by atoms with van der Waals surface area (Å²) in [6.07, 6.45) is 0.436. The molecule has 0 bridgehead atoms. The highest BCUT2D eigenvalue weighted by molar-refractivity contribution is 7.85. The fourth-order valence-corrected chi connectivity index (χ4v) is 4.44. The van der Waals surface area contributed by atoms with Crippen LogP contribution in [0.1, 0.15) is 38.3 Å². The predicted molar refractivity (Wildman–Crippen MR) is 105 cm³/mol. The van der Waals surface area contributed by atoms with Gasteiger partial charge in [-0.15, -0.1) is 0 Å². The Labute approximate surface area is 165 Å². The van der Waals surface area contributed by atoms with Crippen molar-refractivity contribution in [1.29, 1.82) is 0 Å². The first-order chi connectivity index (χ1) is 13.3. The number of guanidine groups is 1. The topological polar surface area (TPSA) is 91.3 Å². The standard InChI is InChI=1S/C17H27F3N6OS/c1-3-28(27)13-6-4-5-12(11-13)25-15(21-2)23-9-10-24-16-22-8-7-14(26-16)17(18,19)20/h7-8,12-13H,3-6,9-11H2,1-2H3,(H2,21,23,25)(H,22,24,26). The van der Waals surface area contributed by atoms with Crippen LogP contribution in [0.15, 0.2) is 17.3 Å². The molecule has 0 aliphatic heterocycles. The fraction of sp³-hybridized carbons (Fsp3) is 0.706. The Morgan fingerprint density at radius 1 is 1.36 bits per heavy atom. The van der Waals surface area contributed by atoms with Gasteiger partial charge in [-0.2, -0.15) is 13.2 Å². The van der Waals surface area contributed by atoms with Crippen LogP contribution in [0.5, 0.6) is 0 Å². The summed E-state index contributed by atoms with van der Waals surface area (Å²) < 4.78 is 50.0. The van der Waals surface area contributed by atoms with Gasteiger partial charge in [0.1, 0.15) is 5.69 Å². The van der Waals surface area contributed by atoms with Gasteiger partial charge < -0.3 is 16.0 Å². The summed E-state index contributed by atoms with van der Waals surface area (Å²) in [5.74, 6) is 1.21. The summed E-state index contributed by atoms with van der Waals surface area (Å²) in [5.41, 5.74) is -0.980. The Hall–Kier alpha value is -1.91. The normalized spacial score (nSPS) is 21.8. The third-order valence-corrected chi connectivity index (χ3v) is 6.23. The van der Waals surface area contributed by atoms with E-state index in [1.165, 1.54) is 0 Å². The second-order valence-electron chi connectivity index (χ2n) is 6.49. The second-order valence-corrected chi connectivity index (χ2v) is 8.49. The van der Waals surface area contributed by atoms with Gasteiger partial charge in [-0.3, -0.25) is 9.20 Å². The Kier molecular flexibility index (Phi) is 8.46. The monoisotopic (exact) mass is 420 g/mol. The van der Waals surface area contributed by atoms with Crippen LogP contribution < -0.4 is 16.0 Å². The number of anilines is 1. The number of hydrogen-bond donors (Lipinski definition) is 3. The fourth-order valence-electron chi connectivity index (χ4n) is 3.10. The lowest BCUT2D eigenvalue weighted by Crippen LogP contribution is -2.47. The molecule has 1 aliphatic rings. The number of nitrogens with one attached hydrogen (secondary N) is 3. The third kappa shape index (κ3) is 6.92. The molecule has 1 aliphatic carbocycles. The Bertz CT molecular complexity index is 685. The number of nitrogens with zero attached hydrogens (tertiary/aromatic N) is 3. The maximum absolute atomic E-state index is 12.7. The minimum absolute atomic E-state index is 0.0725. The summed E-state index contributed by atoms with van der Waals surface area (Å²) in [4.78, 5) is 11.4. The van der Waals surface area contributed by atoms with Gasteiger partial charge in [0.15, 0.2) is 5.96 Å². The van der Waals surface area contributed by atoms with Gasteiger partial charge in [-0.25, -0.2) is 9.97 Å². The molecule has 0 amide bonds. The zero-order valence-electron chi connectivity index (χ0n) is 16.1. The first-order valence-electron chi connectivity index (χ1n) is 9.32. The molecule has 7 nitrogen and oxygen atoms in total. The van der Waals surface area contributed by atoms with E-state index in [1.54, 1.807) is 7.05 Å². The van der Waals surface area contributed by atoms with Gasteiger partial charge in [0.25, 0.3) is 0 Å². The Morgan fingerprint density at radius 3 is 2.82 bits per heavy atom. The summed E-state index contributed by atoms with van der Waals surface area (Å²) >= 11 is 0. The molecular weight excluding hydrogens is 393 g/mol. The number of aromatic nitrogens is 2. The van der Waals surface area contributed by atoms with Crippen molar-refractivity contribution in [3.8, 4) is 0 Å². The molecule has 0 aromatic carbocycles. The molecule has 1 heterocycles. The second kappa shape index (κ2) is 10.6. The molecule has 2 rings (SSSR count). The minimum Gasteiger partial charge on any atom is -0.355 e. The Morgan fingerprint density at radius 2 is 2.14 bits per heavy atom. The van der Waals surface area contributed by atoms with Crippen LogP contribution in [-0.4, -0.2) is 57.3 Å². The van der Waals surface area contributed by atoms with Crippen LogP contribution in [-0.2, 0) is 17.0 Å². The van der Waals surface area contributed by atoms with Crippen molar-refractivity contribution in [1.82, 2.24) is 20.6 Å². The molecule has 0 saturated heterocycles. The van der Waals surface area contributed by atoms with Crippen molar-refractivity contribution in [2.24, 2.45) is 4.99 Å². The van der Waals surface area contributed by atoms with Gasteiger partial charge in [0, 0.05) is 54.2 Å². The lowest BCUT2D eigenvalue weighted by Gasteiger charge is -2.30. The summed E-state index contributed by atoms with van der Waals surface area (Å²) in [6.45, 7) is 2.69. The molecule has 28 heavy (non-hydrogen) atoms. The van der Waals surface area contributed by atoms with E-state index < -0.39 is 22.7 Å². The van der Waals surface area contributed by atoms with E-state index >= 15 is 0 Å².